The zero-order valence-electron chi connectivity index (χ0n) is 79.7. The first-order valence-electron chi connectivity index (χ1n) is 45.8. The number of benzene rings is 4. The highest BCUT2D eigenvalue weighted by atomic mass is 32.2. The third kappa shape index (κ3) is 37.5. The number of guanidine groups is 2. The molecule has 0 bridgehead atoms. The number of carboxylic acid groups (broad SMARTS) is 1. The molecule has 1 fully saturated rings. The Morgan fingerprint density at radius 2 is 0.892 bits per heavy atom. The van der Waals surface area contributed by atoms with Crippen molar-refractivity contribution in [2.45, 2.75) is 237 Å². The first-order valence-corrected chi connectivity index (χ1v) is 46.9. The number of likely N-dealkylation sites (N-methyl/N-ethyl adjacent to an activating group) is 1. The number of carbonyl (C=O) groups is 18. The van der Waals surface area contributed by atoms with Crippen LogP contribution in [0.2, 0.25) is 0 Å². The van der Waals surface area contributed by atoms with E-state index in [4.69, 9.17) is 33.8 Å². The predicted octanol–water partition coefficient (Wildman–Crippen LogP) is -2.88. The van der Waals surface area contributed by atoms with Gasteiger partial charge in [0.1, 0.15) is 96.4 Å². The smallest absolute Gasteiger partial charge is 0.305 e. The molecule has 1 aromatic heterocycles. The van der Waals surface area contributed by atoms with E-state index >= 15 is 28.8 Å². The van der Waals surface area contributed by atoms with Gasteiger partial charge in [-0.1, -0.05) is 140 Å². The lowest BCUT2D eigenvalue weighted by Gasteiger charge is -2.32. The van der Waals surface area contributed by atoms with Crippen LogP contribution in [0.3, 0.4) is 0 Å². The molecule has 46 heteroatoms. The lowest BCUT2D eigenvalue weighted by atomic mass is 9.98. The van der Waals surface area contributed by atoms with Gasteiger partial charge in [-0.15, -0.1) is 11.8 Å². The maximum Gasteiger partial charge on any atom is 0.305 e. The van der Waals surface area contributed by atoms with Gasteiger partial charge in [0.25, 0.3) is 0 Å². The second-order valence-electron chi connectivity index (χ2n) is 35.7. The number of primary amides is 2. The molecule has 6 rings (SSSR count). The minimum atomic E-state index is -2.12. The Morgan fingerprint density at radius 3 is 1.40 bits per heavy atom. The number of amides is 17. The molecule has 0 aliphatic carbocycles. The molecule has 2 heterocycles. The Labute approximate surface area is 809 Å². The van der Waals surface area contributed by atoms with Crippen LogP contribution in [-0.2, 0) is 106 Å². The summed E-state index contributed by atoms with van der Waals surface area (Å²) in [6.07, 6.45) is -2.50. The van der Waals surface area contributed by atoms with Crippen molar-refractivity contribution in [3.8, 4) is 16.9 Å². The van der Waals surface area contributed by atoms with Crippen molar-refractivity contribution in [2.24, 2.45) is 46.6 Å². The quantitative estimate of drug-likeness (QED) is 0.0125. The molecule has 0 unspecified atom stereocenters. The molecule has 1 aliphatic heterocycles. The number of phenolic OH excluding ortho intramolecular Hbond substituents is 1. The van der Waals surface area contributed by atoms with Gasteiger partial charge < -0.3 is 133 Å². The second-order valence-corrected chi connectivity index (χ2v) is 36.7. The highest BCUT2D eigenvalue weighted by molar-refractivity contribution is 8.00. The van der Waals surface area contributed by atoms with Gasteiger partial charge in [-0.25, -0.2) is 0 Å². The van der Waals surface area contributed by atoms with Crippen LogP contribution in [0, 0.1) is 34.5 Å². The summed E-state index contributed by atoms with van der Waals surface area (Å²) in [6, 6.07) is 3.39. The molecular weight excluding hydrogens is 1820 g/mol. The molecule has 30 N–H and O–H groups in total. The molecule has 45 nitrogen and oxygen atoms in total. The summed E-state index contributed by atoms with van der Waals surface area (Å²) < 4.78 is 0. The average molecular weight is 1960 g/mol. The number of nitrogens with zero attached hydrogens (tertiary/aromatic N) is 1. The summed E-state index contributed by atoms with van der Waals surface area (Å²) in [6.45, 7) is 14.4. The minimum Gasteiger partial charge on any atom is -0.508 e. The number of carboxylic acids is 1. The molecule has 0 saturated carbocycles. The molecule has 1 aliphatic rings. The maximum atomic E-state index is 15.5. The molecule has 0 spiro atoms. The number of aromatic nitrogens is 1. The van der Waals surface area contributed by atoms with Gasteiger partial charge in [0, 0.05) is 68.7 Å². The van der Waals surface area contributed by atoms with Crippen LogP contribution in [0.5, 0.6) is 5.75 Å². The summed E-state index contributed by atoms with van der Waals surface area (Å²) in [7, 11) is 1.26. The van der Waals surface area contributed by atoms with Crippen LogP contribution in [-0.4, -0.2) is 272 Å². The maximum absolute atomic E-state index is 15.5. The molecule has 0 radical (unpaired) electrons. The number of aliphatic hydroxyl groups excluding tert-OH is 1. The van der Waals surface area contributed by atoms with Gasteiger partial charge in [0.05, 0.1) is 18.8 Å². The first-order chi connectivity index (χ1) is 65.6. The van der Waals surface area contributed by atoms with Crippen LogP contribution in [0.25, 0.3) is 22.0 Å². The summed E-state index contributed by atoms with van der Waals surface area (Å²) in [4.78, 5) is 264. The Balaban J connectivity index is 1.51. The number of fused-ring (bicyclic) bond motifs is 1. The number of aliphatic hydroxyl groups is 1. The molecule has 4 aromatic carbocycles. The molecule has 15 atom stereocenters. The highest BCUT2D eigenvalue weighted by Gasteiger charge is 2.41. The highest BCUT2D eigenvalue weighted by Crippen LogP contribution is 2.24. The van der Waals surface area contributed by atoms with Crippen LogP contribution in [0.15, 0.2) is 109 Å². The van der Waals surface area contributed by atoms with Crippen molar-refractivity contribution in [2.75, 3.05) is 38.2 Å². The number of thioether (sulfide) groups is 1. The van der Waals surface area contributed by atoms with Crippen molar-refractivity contribution < 1.29 is 102 Å². The van der Waals surface area contributed by atoms with Crippen molar-refractivity contribution >= 4 is 141 Å². The SMILES string of the molecule is CC(C)C[C@@H]1NC(=O)[C@H](CCCNC(=N)N)NC(=O)[C@@H](CC(C)C)NC(=O)[C@H](C)N(C)C(=O)[C@H](CCCNC(=N)N)NC(=O)[C@H](Cc2ccc(-c3ccccc3)cc2)NC(=O)[C@H](C(C)C)NC(=O)[C@H](Cc2c[nH]c3ccccc23)NC(=O)[C@H](CC(=O)O)NC(=O)[C@H](Cc2ccc(O)cc2)NC(=O)[C@H](CCC(N)=O)NC(=O)CSC[C@@H](C(=O)N[C@@H](C)C(N)=O)NC(=O)[C@H](CO)NC(=O)[C@H](C(C)C)NC1=O. The second kappa shape index (κ2) is 55.7. The van der Waals surface area contributed by atoms with Gasteiger partial charge in [-0.2, -0.15) is 0 Å². The van der Waals surface area contributed by atoms with Crippen molar-refractivity contribution in [1.29, 1.82) is 10.8 Å². The van der Waals surface area contributed by atoms with Gasteiger partial charge in [0.15, 0.2) is 11.9 Å². The van der Waals surface area contributed by atoms with E-state index < -0.39 is 271 Å². The number of H-pyrrole nitrogens is 1. The van der Waals surface area contributed by atoms with Crippen molar-refractivity contribution in [1.82, 2.24) is 95.0 Å². The number of hydrogen-bond acceptors (Lipinski definition) is 23. The van der Waals surface area contributed by atoms with E-state index in [-0.39, 0.29) is 81.2 Å². The topological polar surface area (TPSA) is 731 Å². The number of aromatic amines is 1. The number of para-hydroxylation sites is 1. The van der Waals surface area contributed by atoms with Crippen LogP contribution >= 0.6 is 11.8 Å². The molecule has 139 heavy (non-hydrogen) atoms. The number of phenols is 1. The predicted molar refractivity (Wildman–Crippen MR) is 516 cm³/mol. The lowest BCUT2D eigenvalue weighted by molar-refractivity contribution is -0.143. The Bertz CT molecular complexity index is 5140. The van der Waals surface area contributed by atoms with E-state index in [1.807, 2.05) is 30.3 Å². The fraction of sp³-hybridized carbons (Fsp3) is 0.505. The van der Waals surface area contributed by atoms with E-state index in [2.05, 4.69) is 90.1 Å². The normalized spacial score (nSPS) is 22.9. The van der Waals surface area contributed by atoms with E-state index in [1.54, 1.807) is 90.1 Å². The number of aliphatic carboxylic acids is 1. The van der Waals surface area contributed by atoms with E-state index in [0.717, 1.165) is 16.0 Å². The number of aromatic hydroxyl groups is 1. The van der Waals surface area contributed by atoms with Crippen molar-refractivity contribution in [3.05, 3.63) is 126 Å². The van der Waals surface area contributed by atoms with Gasteiger partial charge in [0.2, 0.25) is 100 Å². The standard InChI is InChI=1S/C93H134N24O21S/c1-47(2)37-64-81(128)105-61(23-17-35-100-92(96)97)79(126)108-65(38-48(3)4)85(132)115-76(50(7)8)90(137)113-70(44-118)87(134)114-71(88(135)103-51(9)77(95)124)45-139-46-73(121)104-62(33-34-72(94)120)80(127)109-66(40-54-27-31-58(119)32-28-54)83(130)111-69(42-74(122)123)84(131)110-68(41-57-43-102-60-22-16-15-21-59(57)60)86(133)116-75(49(5)6)89(136)112-67(39-53-25-29-56(30-26-53)55-19-13-12-14-20-55)82(129)106-63(24-18-36-101-93(98)99)91(138)117(11)52(10)78(125)107-64/h12-16,19-22,25-32,43,47-52,61-71,75-76,102,118-119H,17-18,23-24,33-42,44-46H2,1-11H3,(H2,94,120)(H2,95,124)(H,103,135)(H,104,121)(H,105,128)(H,106,129)(H,107,125)(H,108,126)(H,109,127)(H,110,131)(H,111,130)(H,112,136)(H,113,137)(H,114,134)(H,115,132)(H,116,133)(H,122,123)(H4,96,97,100)(H4,98,99,101)/t51-,52-,61-,62-,63-,64+,65-,66-,67-,68-,69-,70-,71-,75-,76-/m0/s1. The van der Waals surface area contributed by atoms with Crippen molar-refractivity contribution in [3.63, 3.8) is 0 Å². The third-order valence-corrected chi connectivity index (χ3v) is 23.7. The summed E-state index contributed by atoms with van der Waals surface area (Å²) in [5.41, 5.74) is 25.6. The zero-order valence-corrected chi connectivity index (χ0v) is 80.6. The fourth-order valence-electron chi connectivity index (χ4n) is 14.8. The summed E-state index contributed by atoms with van der Waals surface area (Å²) >= 11 is 0.634. The number of hydrogen-bond donors (Lipinski definition) is 26. The van der Waals surface area contributed by atoms with E-state index in [0.29, 0.717) is 33.8 Å². The van der Waals surface area contributed by atoms with Crippen LogP contribution in [0.4, 0.5) is 0 Å². The van der Waals surface area contributed by atoms with Gasteiger partial charge >= 0.3 is 5.97 Å². The van der Waals surface area contributed by atoms with Crippen LogP contribution in [0.1, 0.15) is 144 Å². The van der Waals surface area contributed by atoms with Gasteiger partial charge in [-0.05, 0) is 128 Å². The third-order valence-electron chi connectivity index (χ3n) is 22.7. The summed E-state index contributed by atoms with van der Waals surface area (Å²) in [5.74, 6) is -24.2. The first kappa shape index (κ1) is 113. The molecule has 5 aromatic rings. The number of nitrogens with one attached hydrogen (secondary N) is 19. The van der Waals surface area contributed by atoms with E-state index in [1.165, 1.54) is 65.2 Å². The molecular formula is C93H134N24O21S. The lowest BCUT2D eigenvalue weighted by Crippen LogP contribution is -2.62. The Hall–Kier alpha value is -14.5. The molecule has 758 valence electrons. The zero-order chi connectivity index (χ0) is 103. The van der Waals surface area contributed by atoms with Gasteiger partial charge in [-0.3, -0.25) is 97.1 Å². The number of nitrogens with two attached hydrogens (primary N) is 4. The fourth-order valence-corrected chi connectivity index (χ4v) is 15.7. The van der Waals surface area contributed by atoms with E-state index in [9.17, 15) is 72.9 Å². The largest absolute Gasteiger partial charge is 0.508 e. The van der Waals surface area contributed by atoms with Crippen LogP contribution < -0.4 is 108 Å². The molecule has 1 saturated heterocycles. The number of rotatable bonds is 30. The average Bonchev–Trinajstić information content (AvgIpc) is 1.68. The number of carbonyl (C=O) groups excluding carboxylic acids is 17. The summed E-state index contributed by atoms with van der Waals surface area (Å²) in [5, 5.41) is 88.9. The molecule has 17 amide bonds. The minimum absolute atomic E-state index is 0.00144. The Kier molecular flexibility index (Phi) is 45.4. The monoisotopic (exact) mass is 1950 g/mol. The Morgan fingerprint density at radius 1 is 0.475 bits per heavy atom.